The van der Waals surface area contributed by atoms with E-state index in [0.29, 0.717) is 0 Å². The molecule has 0 amide bonds. The van der Waals surface area contributed by atoms with Crippen LogP contribution in [0.15, 0.2) is 23.3 Å². The van der Waals surface area contributed by atoms with E-state index < -0.39 is 0 Å². The van der Waals surface area contributed by atoms with Crippen LogP contribution < -0.4 is 15.5 Å². The summed E-state index contributed by atoms with van der Waals surface area (Å²) in [7, 11) is 0. The highest BCUT2D eigenvalue weighted by atomic mass is 15.2. The number of pyridine rings is 1. The largest absolute Gasteiger partial charge is 0.357 e. The van der Waals surface area contributed by atoms with Gasteiger partial charge in [-0.05, 0) is 37.3 Å². The highest BCUT2D eigenvalue weighted by molar-refractivity contribution is 5.80. The number of anilines is 1. The molecular weight excluding hydrogens is 250 g/mol. The molecule has 0 unspecified atom stereocenters. The Balaban J connectivity index is 1.54. The second kappa shape index (κ2) is 6.59. The third-order valence-electron chi connectivity index (χ3n) is 3.85. The Labute approximate surface area is 120 Å². The minimum absolute atomic E-state index is 0.777. The van der Waals surface area contributed by atoms with Crippen molar-refractivity contribution in [2.45, 2.75) is 32.2 Å². The molecule has 3 heterocycles. The maximum atomic E-state index is 4.59. The van der Waals surface area contributed by atoms with E-state index in [1.807, 2.05) is 6.20 Å². The average molecular weight is 273 g/mol. The lowest BCUT2D eigenvalue weighted by Gasteiger charge is -2.27. The van der Waals surface area contributed by atoms with Gasteiger partial charge in [-0.2, -0.15) is 0 Å². The van der Waals surface area contributed by atoms with Gasteiger partial charge in [0.05, 0.1) is 0 Å². The zero-order valence-electron chi connectivity index (χ0n) is 11.9. The Morgan fingerprint density at radius 3 is 2.75 bits per heavy atom. The molecule has 20 heavy (non-hydrogen) atoms. The molecule has 2 aliphatic heterocycles. The van der Waals surface area contributed by atoms with Crippen molar-refractivity contribution in [1.29, 1.82) is 0 Å². The van der Waals surface area contributed by atoms with Gasteiger partial charge >= 0.3 is 0 Å². The summed E-state index contributed by atoms with van der Waals surface area (Å²) >= 11 is 0. The standard InChI is InChI=1S/C15H23N5/c1-2-9-20(10-3-1)14-6-5-13(11-18-14)12-19-15-16-7-4-8-17-15/h5-6,11H,1-4,7-10,12H2,(H2,16,17,19). The first kappa shape index (κ1) is 13.2. The Kier molecular flexibility index (Phi) is 4.35. The highest BCUT2D eigenvalue weighted by Gasteiger charge is 2.11. The Morgan fingerprint density at radius 2 is 2.05 bits per heavy atom. The topological polar surface area (TPSA) is 52.6 Å². The van der Waals surface area contributed by atoms with Crippen molar-refractivity contribution in [3.8, 4) is 0 Å². The minimum atomic E-state index is 0.777. The van der Waals surface area contributed by atoms with E-state index in [0.717, 1.165) is 50.9 Å². The number of piperidine rings is 1. The second-order valence-corrected chi connectivity index (χ2v) is 5.44. The summed E-state index contributed by atoms with van der Waals surface area (Å²) in [5.74, 6) is 2.03. The van der Waals surface area contributed by atoms with Crippen LogP contribution in [0.5, 0.6) is 0 Å². The number of hydrogen-bond donors (Lipinski definition) is 2. The fourth-order valence-corrected chi connectivity index (χ4v) is 2.67. The molecule has 5 nitrogen and oxygen atoms in total. The third kappa shape index (κ3) is 3.40. The summed E-state index contributed by atoms with van der Waals surface area (Å²) in [4.78, 5) is 11.4. The van der Waals surface area contributed by atoms with Crippen molar-refractivity contribution in [3.05, 3.63) is 23.9 Å². The molecule has 0 aromatic carbocycles. The zero-order valence-corrected chi connectivity index (χ0v) is 11.9. The van der Waals surface area contributed by atoms with Crippen molar-refractivity contribution in [3.63, 3.8) is 0 Å². The van der Waals surface area contributed by atoms with Crippen molar-refractivity contribution < 1.29 is 0 Å². The predicted molar refractivity (Wildman–Crippen MR) is 82.1 cm³/mol. The van der Waals surface area contributed by atoms with Gasteiger partial charge in [-0.25, -0.2) is 4.98 Å². The second-order valence-electron chi connectivity index (χ2n) is 5.44. The molecular formula is C15H23N5. The Hall–Kier alpha value is -1.78. The Bertz CT molecular complexity index is 448. The van der Waals surface area contributed by atoms with Gasteiger partial charge in [-0.15, -0.1) is 0 Å². The Morgan fingerprint density at radius 1 is 1.15 bits per heavy atom. The first-order chi connectivity index (χ1) is 9.92. The van der Waals surface area contributed by atoms with Crippen molar-refractivity contribution in [2.75, 3.05) is 31.1 Å². The first-order valence-electron chi connectivity index (χ1n) is 7.64. The fraction of sp³-hybridized carbons (Fsp3) is 0.600. The lowest BCUT2D eigenvalue weighted by molar-refractivity contribution is 0.573. The average Bonchev–Trinajstić information content (AvgIpc) is 2.55. The summed E-state index contributed by atoms with van der Waals surface area (Å²) in [6.45, 7) is 5.00. The molecule has 0 bridgehead atoms. The van der Waals surface area contributed by atoms with Gasteiger partial charge < -0.3 is 15.5 Å². The summed E-state index contributed by atoms with van der Waals surface area (Å²) in [6.07, 6.45) is 7.03. The summed E-state index contributed by atoms with van der Waals surface area (Å²) in [5, 5.41) is 6.58. The SMILES string of the molecule is c1cc(N2CCCCC2)ncc1CNC1=NCCCN1. The molecule has 2 aliphatic rings. The van der Waals surface area contributed by atoms with Crippen LogP contribution in [-0.2, 0) is 6.54 Å². The number of hydrogen-bond acceptors (Lipinski definition) is 5. The first-order valence-corrected chi connectivity index (χ1v) is 7.64. The van der Waals surface area contributed by atoms with Crippen LogP contribution in [0.2, 0.25) is 0 Å². The van der Waals surface area contributed by atoms with Crippen LogP contribution in [0.4, 0.5) is 5.82 Å². The van der Waals surface area contributed by atoms with Crippen LogP contribution >= 0.6 is 0 Å². The maximum Gasteiger partial charge on any atom is 0.191 e. The lowest BCUT2D eigenvalue weighted by atomic mass is 10.1. The molecule has 1 aromatic heterocycles. The molecule has 0 saturated carbocycles. The van der Waals surface area contributed by atoms with Gasteiger partial charge in [0.15, 0.2) is 5.96 Å². The van der Waals surface area contributed by atoms with Crippen LogP contribution in [0.25, 0.3) is 0 Å². The molecule has 0 aliphatic carbocycles. The summed E-state index contributed by atoms with van der Waals surface area (Å²) in [5.41, 5.74) is 1.20. The highest BCUT2D eigenvalue weighted by Crippen LogP contribution is 2.17. The quantitative estimate of drug-likeness (QED) is 0.876. The van der Waals surface area contributed by atoms with E-state index in [2.05, 4.69) is 37.6 Å². The fourth-order valence-electron chi connectivity index (χ4n) is 2.67. The van der Waals surface area contributed by atoms with Gasteiger partial charge in [-0.1, -0.05) is 6.07 Å². The van der Waals surface area contributed by atoms with Crippen LogP contribution in [0.1, 0.15) is 31.2 Å². The molecule has 2 N–H and O–H groups in total. The van der Waals surface area contributed by atoms with E-state index in [4.69, 9.17) is 0 Å². The molecule has 1 saturated heterocycles. The van der Waals surface area contributed by atoms with Crippen LogP contribution in [0.3, 0.4) is 0 Å². The smallest absolute Gasteiger partial charge is 0.191 e. The van der Waals surface area contributed by atoms with Crippen molar-refractivity contribution in [2.24, 2.45) is 4.99 Å². The maximum absolute atomic E-state index is 4.59. The number of nitrogens with one attached hydrogen (secondary N) is 2. The number of aliphatic imine (C=N–C) groups is 1. The molecule has 0 atom stereocenters. The number of aromatic nitrogens is 1. The number of guanidine groups is 1. The normalized spacial score (nSPS) is 19.2. The molecule has 1 aromatic rings. The molecule has 1 fully saturated rings. The third-order valence-corrected chi connectivity index (χ3v) is 3.85. The van der Waals surface area contributed by atoms with Crippen LogP contribution in [0, 0.1) is 0 Å². The van der Waals surface area contributed by atoms with E-state index in [1.165, 1.54) is 24.8 Å². The molecule has 0 spiro atoms. The van der Waals surface area contributed by atoms with Crippen LogP contribution in [-0.4, -0.2) is 37.1 Å². The van der Waals surface area contributed by atoms with Gasteiger partial charge in [0.1, 0.15) is 5.82 Å². The number of nitrogens with zero attached hydrogens (tertiary/aromatic N) is 3. The van der Waals surface area contributed by atoms with Gasteiger partial charge in [0, 0.05) is 38.9 Å². The van der Waals surface area contributed by atoms with E-state index in [9.17, 15) is 0 Å². The zero-order chi connectivity index (χ0) is 13.6. The monoisotopic (exact) mass is 273 g/mol. The van der Waals surface area contributed by atoms with Crippen molar-refractivity contribution in [1.82, 2.24) is 15.6 Å². The van der Waals surface area contributed by atoms with Crippen molar-refractivity contribution >= 4 is 11.8 Å². The summed E-state index contributed by atoms with van der Waals surface area (Å²) in [6, 6.07) is 4.30. The van der Waals surface area contributed by atoms with Gasteiger partial charge in [0.2, 0.25) is 0 Å². The molecule has 5 heteroatoms. The lowest BCUT2D eigenvalue weighted by Crippen LogP contribution is -2.40. The molecule has 0 radical (unpaired) electrons. The summed E-state index contributed by atoms with van der Waals surface area (Å²) < 4.78 is 0. The predicted octanol–water partition coefficient (Wildman–Crippen LogP) is 1.51. The van der Waals surface area contributed by atoms with E-state index in [-0.39, 0.29) is 0 Å². The van der Waals surface area contributed by atoms with Gasteiger partial charge in [0.25, 0.3) is 0 Å². The van der Waals surface area contributed by atoms with Gasteiger partial charge in [-0.3, -0.25) is 4.99 Å². The molecule has 3 rings (SSSR count). The minimum Gasteiger partial charge on any atom is -0.357 e. The number of rotatable bonds is 3. The van der Waals surface area contributed by atoms with E-state index >= 15 is 0 Å². The van der Waals surface area contributed by atoms with E-state index in [1.54, 1.807) is 0 Å². The molecule has 108 valence electrons.